The van der Waals surface area contributed by atoms with Crippen molar-refractivity contribution in [1.82, 2.24) is 14.1 Å². The van der Waals surface area contributed by atoms with Crippen LogP contribution in [0.25, 0.3) is 11.0 Å². The molecular weight excluding hydrogens is 494 g/mol. The van der Waals surface area contributed by atoms with E-state index in [-0.39, 0.29) is 32.2 Å². The molecule has 1 aromatic heterocycles. The fourth-order valence-electron chi connectivity index (χ4n) is 3.20. The van der Waals surface area contributed by atoms with Crippen molar-refractivity contribution in [1.29, 1.82) is 0 Å². The number of halogens is 3. The second kappa shape index (κ2) is 9.00. The van der Waals surface area contributed by atoms with E-state index in [1.807, 2.05) is 0 Å². The molecule has 3 aromatic carbocycles. The molecule has 0 fully saturated rings. The lowest BCUT2D eigenvalue weighted by Gasteiger charge is -2.18. The largest absolute Gasteiger partial charge is 0.345 e. The SMILES string of the molecule is C[C@@H](NC(=O)c1cc(Cl)ccc1NS(=O)(=O)c1cccc2nsnc12)c1ccc(F)cc1F. The minimum Gasteiger partial charge on any atom is -0.345 e. The first kappa shape index (κ1) is 23.0. The molecule has 0 aliphatic carbocycles. The normalized spacial score (nSPS) is 12.5. The van der Waals surface area contributed by atoms with E-state index in [9.17, 15) is 22.0 Å². The highest BCUT2D eigenvalue weighted by Crippen LogP contribution is 2.28. The molecule has 1 heterocycles. The Hall–Kier alpha value is -3.15. The van der Waals surface area contributed by atoms with E-state index in [1.165, 1.54) is 43.3 Å². The summed E-state index contributed by atoms with van der Waals surface area (Å²) in [5.74, 6) is -2.27. The quantitative estimate of drug-likeness (QED) is 0.385. The average Bonchev–Trinajstić information content (AvgIpc) is 3.23. The molecule has 33 heavy (non-hydrogen) atoms. The number of hydrogen-bond acceptors (Lipinski definition) is 6. The maximum Gasteiger partial charge on any atom is 0.264 e. The highest BCUT2D eigenvalue weighted by molar-refractivity contribution is 7.93. The Labute approximate surface area is 196 Å². The molecule has 0 saturated heterocycles. The van der Waals surface area contributed by atoms with Crippen LogP contribution in [-0.2, 0) is 10.0 Å². The van der Waals surface area contributed by atoms with E-state index in [0.29, 0.717) is 11.6 Å². The number of benzene rings is 3. The number of rotatable bonds is 6. The summed E-state index contributed by atoms with van der Waals surface area (Å²) in [5.41, 5.74) is 0.576. The Balaban J connectivity index is 1.65. The molecule has 1 atom stereocenters. The lowest BCUT2D eigenvalue weighted by atomic mass is 10.1. The van der Waals surface area contributed by atoms with Crippen LogP contribution < -0.4 is 10.0 Å². The molecule has 0 aliphatic rings. The number of nitrogens with one attached hydrogen (secondary N) is 2. The topological polar surface area (TPSA) is 101 Å². The summed E-state index contributed by atoms with van der Waals surface area (Å²) in [5, 5.41) is 2.77. The molecule has 0 spiro atoms. The zero-order valence-electron chi connectivity index (χ0n) is 16.8. The Kier molecular flexibility index (Phi) is 6.28. The standard InChI is InChI=1S/C21H15ClF2N4O3S2/c1-11(14-7-6-13(23)10-16(14)24)25-21(29)15-9-12(22)5-8-17(15)28-33(30,31)19-4-2-3-18-20(19)27-32-26-18/h2-11,28H,1H3,(H,25,29)/t11-/m1/s1. The molecule has 170 valence electrons. The summed E-state index contributed by atoms with van der Waals surface area (Å²) in [6, 6.07) is 10.8. The van der Waals surface area contributed by atoms with Crippen molar-refractivity contribution < 1.29 is 22.0 Å². The third kappa shape index (κ3) is 4.80. The lowest BCUT2D eigenvalue weighted by Crippen LogP contribution is -2.28. The van der Waals surface area contributed by atoms with Crippen LogP contribution >= 0.6 is 23.3 Å². The first-order valence-electron chi connectivity index (χ1n) is 9.45. The van der Waals surface area contributed by atoms with Gasteiger partial charge in [0.15, 0.2) is 0 Å². The van der Waals surface area contributed by atoms with Crippen molar-refractivity contribution in [3.8, 4) is 0 Å². The molecular formula is C21H15ClF2N4O3S2. The first-order chi connectivity index (χ1) is 15.7. The molecule has 2 N–H and O–H groups in total. The summed E-state index contributed by atoms with van der Waals surface area (Å²) in [4.78, 5) is 12.9. The Morgan fingerprint density at radius 1 is 1.09 bits per heavy atom. The third-order valence-electron chi connectivity index (χ3n) is 4.79. The van der Waals surface area contributed by atoms with Gasteiger partial charge >= 0.3 is 0 Å². The zero-order chi connectivity index (χ0) is 23.8. The van der Waals surface area contributed by atoms with Crippen LogP contribution in [0.1, 0.15) is 28.9 Å². The third-order valence-corrected chi connectivity index (χ3v) is 6.96. The molecule has 1 amide bonds. The zero-order valence-corrected chi connectivity index (χ0v) is 19.2. The van der Waals surface area contributed by atoms with E-state index in [0.717, 1.165) is 17.8 Å². The summed E-state index contributed by atoms with van der Waals surface area (Å²) in [7, 11) is -4.14. The van der Waals surface area contributed by atoms with Gasteiger partial charge in [0.25, 0.3) is 15.9 Å². The van der Waals surface area contributed by atoms with Crippen LogP contribution in [0, 0.1) is 11.6 Å². The monoisotopic (exact) mass is 508 g/mol. The summed E-state index contributed by atoms with van der Waals surface area (Å²) in [6.45, 7) is 1.51. The van der Waals surface area contributed by atoms with Crippen molar-refractivity contribution in [3.63, 3.8) is 0 Å². The van der Waals surface area contributed by atoms with Crippen LogP contribution in [0.3, 0.4) is 0 Å². The maximum atomic E-state index is 14.1. The molecule has 0 radical (unpaired) electrons. The Morgan fingerprint density at radius 2 is 1.88 bits per heavy atom. The smallest absolute Gasteiger partial charge is 0.264 e. The van der Waals surface area contributed by atoms with Gasteiger partial charge in [-0.3, -0.25) is 9.52 Å². The van der Waals surface area contributed by atoms with Gasteiger partial charge in [0, 0.05) is 16.7 Å². The van der Waals surface area contributed by atoms with E-state index in [2.05, 4.69) is 18.8 Å². The van der Waals surface area contributed by atoms with Gasteiger partial charge in [0.1, 0.15) is 27.6 Å². The molecule has 0 saturated carbocycles. The molecule has 0 bridgehead atoms. The van der Waals surface area contributed by atoms with Crippen molar-refractivity contribution in [3.05, 3.63) is 82.4 Å². The number of sulfonamides is 1. The fraction of sp³-hybridized carbons (Fsp3) is 0.0952. The van der Waals surface area contributed by atoms with Gasteiger partial charge in [0.2, 0.25) is 0 Å². The number of carbonyl (C=O) groups is 1. The Bertz CT molecular complexity index is 1480. The van der Waals surface area contributed by atoms with Gasteiger partial charge in [0.05, 0.1) is 29.0 Å². The fourth-order valence-corrected chi connectivity index (χ4v) is 5.22. The van der Waals surface area contributed by atoms with Crippen molar-refractivity contribution in [2.45, 2.75) is 17.9 Å². The van der Waals surface area contributed by atoms with Gasteiger partial charge in [-0.15, -0.1) is 0 Å². The minimum atomic E-state index is -4.14. The lowest BCUT2D eigenvalue weighted by molar-refractivity contribution is 0.0940. The molecule has 4 aromatic rings. The number of fused-ring (bicyclic) bond motifs is 1. The molecule has 4 rings (SSSR count). The Morgan fingerprint density at radius 3 is 2.64 bits per heavy atom. The van der Waals surface area contributed by atoms with Gasteiger partial charge in [-0.2, -0.15) is 8.75 Å². The molecule has 12 heteroatoms. The van der Waals surface area contributed by atoms with Crippen LogP contribution in [0.2, 0.25) is 5.02 Å². The van der Waals surface area contributed by atoms with E-state index in [1.54, 1.807) is 6.07 Å². The number of aromatic nitrogens is 2. The second-order valence-electron chi connectivity index (χ2n) is 7.04. The average molecular weight is 509 g/mol. The van der Waals surface area contributed by atoms with Gasteiger partial charge in [-0.25, -0.2) is 17.2 Å². The van der Waals surface area contributed by atoms with Crippen LogP contribution in [0.5, 0.6) is 0 Å². The van der Waals surface area contributed by atoms with Crippen LogP contribution in [0.15, 0.2) is 59.5 Å². The van der Waals surface area contributed by atoms with Crippen molar-refractivity contribution in [2.75, 3.05) is 4.72 Å². The van der Waals surface area contributed by atoms with E-state index < -0.39 is 33.6 Å². The molecule has 7 nitrogen and oxygen atoms in total. The molecule has 0 unspecified atom stereocenters. The van der Waals surface area contributed by atoms with Crippen molar-refractivity contribution in [2.24, 2.45) is 0 Å². The first-order valence-corrected chi connectivity index (χ1v) is 12.0. The second-order valence-corrected chi connectivity index (χ2v) is 9.66. The number of nitrogens with zero attached hydrogens (tertiary/aromatic N) is 2. The number of amides is 1. The summed E-state index contributed by atoms with van der Waals surface area (Å²) < 4.78 is 63.9. The highest BCUT2D eigenvalue weighted by Gasteiger charge is 2.24. The van der Waals surface area contributed by atoms with E-state index >= 15 is 0 Å². The van der Waals surface area contributed by atoms with Crippen LogP contribution in [0.4, 0.5) is 14.5 Å². The van der Waals surface area contributed by atoms with Gasteiger partial charge in [-0.05, 0) is 43.3 Å². The predicted octanol–water partition coefficient (Wildman–Crippen LogP) is 4.91. The number of anilines is 1. The van der Waals surface area contributed by atoms with Crippen molar-refractivity contribution >= 4 is 56.0 Å². The summed E-state index contributed by atoms with van der Waals surface area (Å²) >= 11 is 6.91. The number of carbonyl (C=O) groups excluding carboxylic acids is 1. The molecule has 0 aliphatic heterocycles. The van der Waals surface area contributed by atoms with Gasteiger partial charge < -0.3 is 5.32 Å². The van der Waals surface area contributed by atoms with Gasteiger partial charge in [-0.1, -0.05) is 23.7 Å². The van der Waals surface area contributed by atoms with E-state index in [4.69, 9.17) is 11.6 Å². The van der Waals surface area contributed by atoms with Crippen LogP contribution in [-0.4, -0.2) is 23.1 Å². The summed E-state index contributed by atoms with van der Waals surface area (Å²) in [6.07, 6.45) is 0. The highest BCUT2D eigenvalue weighted by atomic mass is 35.5. The predicted molar refractivity (Wildman–Crippen MR) is 122 cm³/mol. The maximum absolute atomic E-state index is 14.1. The number of hydrogen-bond donors (Lipinski definition) is 2. The minimum absolute atomic E-state index is 0.0381.